The number of hydrogen-bond donors (Lipinski definition) is 0. The molecule has 0 aromatic carbocycles. The van der Waals surface area contributed by atoms with Gasteiger partial charge < -0.3 is 14.3 Å². The predicted octanol–water partition coefficient (Wildman–Crippen LogP) is 8.03. The van der Waals surface area contributed by atoms with Gasteiger partial charge in [-0.05, 0) is 56.7 Å². The second-order valence-electron chi connectivity index (χ2n) is 12.6. The van der Waals surface area contributed by atoms with E-state index in [1.807, 2.05) is 0 Å². The Morgan fingerprint density at radius 1 is 0.465 bits per heavy atom. The summed E-state index contributed by atoms with van der Waals surface area (Å²) in [6, 6.07) is 6.45. The van der Waals surface area contributed by atoms with Crippen LogP contribution in [0.1, 0.15) is 191 Å². The van der Waals surface area contributed by atoms with Gasteiger partial charge in [-0.2, -0.15) is 0 Å². The molecule has 3 rings (SSSR count). The van der Waals surface area contributed by atoms with E-state index in [0.29, 0.717) is 17.8 Å². The van der Waals surface area contributed by atoms with E-state index in [1.54, 1.807) is 14.5 Å². The van der Waals surface area contributed by atoms with Crippen molar-refractivity contribution in [1.29, 1.82) is 0 Å². The maximum absolute atomic E-state index is 6.52. The summed E-state index contributed by atoms with van der Waals surface area (Å²) in [6.07, 6.45) is 5.81. The summed E-state index contributed by atoms with van der Waals surface area (Å²) in [7, 11) is -1.20. The van der Waals surface area contributed by atoms with Gasteiger partial charge in [-0.15, -0.1) is 29.8 Å². The van der Waals surface area contributed by atoms with Crippen LogP contribution < -0.4 is 14.3 Å². The number of aromatic nitrogens is 6. The number of rotatable bonds is 18. The highest BCUT2D eigenvalue weighted by molar-refractivity contribution is 6.37. The molecule has 240 valence electrons. The molecular weight excluding hydrogens is 539 g/mol. The molecule has 0 aliphatic rings. The highest BCUT2D eigenvalue weighted by Crippen LogP contribution is 2.27. The number of hydrogen-bond acceptors (Lipinski definition) is 6. The van der Waals surface area contributed by atoms with Gasteiger partial charge in [0.25, 0.3) is 0 Å². The van der Waals surface area contributed by atoms with Crippen molar-refractivity contribution in [2.24, 2.45) is 0 Å². The van der Waals surface area contributed by atoms with Crippen LogP contribution >= 0.6 is 0 Å². The van der Waals surface area contributed by atoms with E-state index in [1.165, 1.54) is 0 Å². The molecule has 0 saturated carbocycles. The third kappa shape index (κ3) is 8.18. The molecule has 0 saturated heterocycles. The summed E-state index contributed by atoms with van der Waals surface area (Å²) in [4.78, 5) is 4.80. The van der Waals surface area contributed by atoms with E-state index in [4.69, 9.17) is 29.6 Å². The molecule has 9 nitrogen and oxygen atoms in total. The Hall–Kier alpha value is -2.91. The minimum atomic E-state index is -1.20. The molecule has 3 aromatic heterocycles. The predicted molar refractivity (Wildman–Crippen MR) is 174 cm³/mol. The van der Waals surface area contributed by atoms with Crippen molar-refractivity contribution < 1.29 is 14.3 Å². The summed E-state index contributed by atoms with van der Waals surface area (Å²) < 4.78 is 19.6. The molecule has 0 radical (unpaired) electrons. The van der Waals surface area contributed by atoms with E-state index in [9.17, 15) is 0 Å². The molecule has 6 atom stereocenters. The standard InChI is InChI=1S/C33H57BN6O3/c1-13-22(7)28-19-31(25(10)16-4)38(35-28)41-34(42-39-32(26(11)17-5)20-29(36-39)23(8)14-2)43-40-33(27(12)18-6)21-30(37-40)24(9)15-3/h19-27H,13-18H2,1-12H3. The fourth-order valence-electron chi connectivity index (χ4n) is 4.72. The molecule has 6 unspecified atom stereocenters. The van der Waals surface area contributed by atoms with E-state index in [0.717, 1.165) is 72.7 Å². The van der Waals surface area contributed by atoms with Crippen LogP contribution in [0.25, 0.3) is 0 Å². The molecule has 0 aliphatic heterocycles. The zero-order valence-electron chi connectivity index (χ0n) is 28.9. The molecule has 3 heterocycles. The summed E-state index contributed by atoms with van der Waals surface area (Å²) in [6.45, 7) is 26.2. The lowest BCUT2D eigenvalue weighted by atomic mass is 10.0. The SMILES string of the molecule is CCC(C)c1cc(C(C)CC)n(OB(On2nc(C(C)CC)cc2C(C)CC)On2nc(C(C)CC)cc2C(C)CC)n1. The molecule has 10 heteroatoms. The lowest BCUT2D eigenvalue weighted by molar-refractivity contribution is 0.0308. The second-order valence-corrected chi connectivity index (χ2v) is 12.6. The Morgan fingerprint density at radius 3 is 0.907 bits per heavy atom. The van der Waals surface area contributed by atoms with Gasteiger partial charge in [0.05, 0.1) is 34.2 Å². The molecule has 43 heavy (non-hydrogen) atoms. The fraction of sp³-hybridized carbons (Fsp3) is 0.727. The maximum atomic E-state index is 6.52. The maximum Gasteiger partial charge on any atom is 0.929 e. The van der Waals surface area contributed by atoms with Crippen molar-refractivity contribution in [3.05, 3.63) is 52.4 Å². The van der Waals surface area contributed by atoms with Crippen LogP contribution in [-0.2, 0) is 0 Å². The van der Waals surface area contributed by atoms with E-state index in [2.05, 4.69) is 101 Å². The Bertz CT molecular complexity index is 1120. The van der Waals surface area contributed by atoms with Crippen molar-refractivity contribution in [1.82, 2.24) is 29.8 Å². The lowest BCUT2D eigenvalue weighted by Crippen LogP contribution is -2.50. The minimum Gasteiger partial charge on any atom is -0.380 e. The average molecular weight is 597 g/mol. The number of nitrogens with zero attached hydrogens (tertiary/aromatic N) is 6. The average Bonchev–Trinajstić information content (AvgIpc) is 3.76. The quantitative estimate of drug-likeness (QED) is 0.138. The Balaban J connectivity index is 2.12. The lowest BCUT2D eigenvalue weighted by Gasteiger charge is -2.20. The van der Waals surface area contributed by atoms with Crippen molar-refractivity contribution in [3.63, 3.8) is 0 Å². The third-order valence-electron chi connectivity index (χ3n) is 9.43. The monoisotopic (exact) mass is 596 g/mol. The smallest absolute Gasteiger partial charge is 0.380 e. The van der Waals surface area contributed by atoms with Crippen molar-refractivity contribution in [2.75, 3.05) is 0 Å². The van der Waals surface area contributed by atoms with E-state index >= 15 is 0 Å². The van der Waals surface area contributed by atoms with Gasteiger partial charge in [0.2, 0.25) is 0 Å². The Labute approximate surface area is 260 Å². The fourth-order valence-corrected chi connectivity index (χ4v) is 4.72. The zero-order valence-corrected chi connectivity index (χ0v) is 28.9. The molecule has 0 bridgehead atoms. The van der Waals surface area contributed by atoms with Crippen LogP contribution in [0.2, 0.25) is 0 Å². The zero-order chi connectivity index (χ0) is 31.8. The van der Waals surface area contributed by atoms with E-state index in [-0.39, 0.29) is 17.8 Å². The first-order valence-electron chi connectivity index (χ1n) is 16.8. The first-order chi connectivity index (χ1) is 20.5. The first kappa shape index (κ1) is 34.6. The van der Waals surface area contributed by atoms with Crippen molar-refractivity contribution in [3.8, 4) is 0 Å². The van der Waals surface area contributed by atoms with Crippen LogP contribution in [0.4, 0.5) is 0 Å². The first-order valence-corrected chi connectivity index (χ1v) is 16.8. The summed E-state index contributed by atoms with van der Waals surface area (Å²) in [5.41, 5.74) is 5.94. The van der Waals surface area contributed by atoms with Gasteiger partial charge in [-0.25, -0.2) is 0 Å². The Morgan fingerprint density at radius 2 is 0.698 bits per heavy atom. The minimum absolute atomic E-state index is 0.237. The summed E-state index contributed by atoms with van der Waals surface area (Å²) in [5.74, 6) is 1.61. The van der Waals surface area contributed by atoms with Crippen molar-refractivity contribution in [2.45, 2.75) is 157 Å². The molecule has 0 fully saturated rings. The van der Waals surface area contributed by atoms with Crippen LogP contribution in [0.15, 0.2) is 18.2 Å². The highest BCUT2D eigenvalue weighted by Gasteiger charge is 2.38. The molecule has 0 aliphatic carbocycles. The summed E-state index contributed by atoms with van der Waals surface area (Å²) >= 11 is 0. The molecular formula is C33H57BN6O3. The molecule has 0 amide bonds. The van der Waals surface area contributed by atoms with Gasteiger partial charge >= 0.3 is 7.32 Å². The highest BCUT2D eigenvalue weighted by atomic mass is 16.9. The van der Waals surface area contributed by atoms with Gasteiger partial charge in [-0.3, -0.25) is 0 Å². The normalized spacial score (nSPS) is 15.9. The molecule has 0 N–H and O–H groups in total. The topological polar surface area (TPSA) is 81.1 Å². The molecule has 0 spiro atoms. The van der Waals surface area contributed by atoms with Crippen LogP contribution in [0.5, 0.6) is 0 Å². The van der Waals surface area contributed by atoms with Gasteiger partial charge in [0, 0.05) is 35.5 Å². The van der Waals surface area contributed by atoms with Gasteiger partial charge in [0.1, 0.15) is 0 Å². The van der Waals surface area contributed by atoms with Gasteiger partial charge in [0.15, 0.2) is 0 Å². The molecule has 3 aromatic rings. The van der Waals surface area contributed by atoms with Crippen molar-refractivity contribution >= 4 is 7.32 Å². The van der Waals surface area contributed by atoms with Crippen LogP contribution in [0, 0.1) is 0 Å². The van der Waals surface area contributed by atoms with Crippen LogP contribution in [-0.4, -0.2) is 37.2 Å². The third-order valence-corrected chi connectivity index (χ3v) is 9.43. The largest absolute Gasteiger partial charge is 0.929 e. The summed E-state index contributed by atoms with van der Waals surface area (Å²) in [5, 5.41) is 14.7. The van der Waals surface area contributed by atoms with Gasteiger partial charge in [-0.1, -0.05) is 83.1 Å². The Kier molecular flexibility index (Phi) is 12.6. The van der Waals surface area contributed by atoms with Crippen LogP contribution in [0.3, 0.4) is 0 Å². The second kappa shape index (κ2) is 15.7. The van der Waals surface area contributed by atoms with E-state index < -0.39 is 7.32 Å².